The summed E-state index contributed by atoms with van der Waals surface area (Å²) in [6.45, 7) is 17.3. The molecule has 7 nitrogen and oxygen atoms in total. The van der Waals surface area contributed by atoms with Crippen LogP contribution in [-0.2, 0) is 0 Å². The fourth-order valence-electron chi connectivity index (χ4n) is 8.02. The van der Waals surface area contributed by atoms with Crippen molar-refractivity contribution in [2.24, 2.45) is 22.7 Å². The number of rotatable bonds is 7. The van der Waals surface area contributed by atoms with Crippen molar-refractivity contribution in [1.29, 1.82) is 0 Å². The molecule has 45 heavy (non-hydrogen) atoms. The van der Waals surface area contributed by atoms with Crippen molar-refractivity contribution in [2.45, 2.75) is 53.0 Å². The second-order valence-corrected chi connectivity index (χ2v) is 15.2. The van der Waals surface area contributed by atoms with Crippen molar-refractivity contribution in [3.05, 3.63) is 87.8 Å². The molecule has 4 aliphatic rings. The minimum atomic E-state index is -0.0496. The highest BCUT2D eigenvalue weighted by Gasteiger charge is 2.34. The maximum atomic E-state index is 5.23. The van der Waals surface area contributed by atoms with Crippen LogP contribution in [0, 0.1) is 38.5 Å². The van der Waals surface area contributed by atoms with Crippen LogP contribution < -0.4 is 9.80 Å². The summed E-state index contributed by atoms with van der Waals surface area (Å²) in [5.74, 6) is 4.41. The van der Waals surface area contributed by atoms with Gasteiger partial charge in [-0.15, -0.1) is 21.5 Å². The monoisotopic (exact) mass is 619 g/mol. The van der Waals surface area contributed by atoms with Crippen LogP contribution in [0.25, 0.3) is 5.00 Å². The lowest BCUT2D eigenvalue weighted by Gasteiger charge is -2.46. The molecule has 4 aliphatic heterocycles. The number of aromatic nitrogens is 3. The molecule has 4 aromatic rings. The molecule has 8 heteroatoms. The summed E-state index contributed by atoms with van der Waals surface area (Å²) in [5.41, 5.74) is 7.52. The van der Waals surface area contributed by atoms with Crippen LogP contribution >= 0.6 is 11.3 Å². The van der Waals surface area contributed by atoms with Gasteiger partial charge >= 0.3 is 0 Å². The summed E-state index contributed by atoms with van der Waals surface area (Å²) in [4.78, 5) is 14.4. The first kappa shape index (κ1) is 28.9. The van der Waals surface area contributed by atoms with Gasteiger partial charge in [-0.3, -0.25) is 9.56 Å². The van der Waals surface area contributed by atoms with Gasteiger partial charge in [-0.1, -0.05) is 30.3 Å². The summed E-state index contributed by atoms with van der Waals surface area (Å²) in [5, 5.41) is 10.1. The lowest BCUT2D eigenvalue weighted by molar-refractivity contribution is 0.134. The summed E-state index contributed by atoms with van der Waals surface area (Å²) >= 11 is 1.82. The van der Waals surface area contributed by atoms with E-state index in [0.29, 0.717) is 0 Å². The Balaban J connectivity index is 0.839. The Hall–Kier alpha value is -3.49. The van der Waals surface area contributed by atoms with Crippen molar-refractivity contribution in [3.63, 3.8) is 0 Å². The SMILES string of the molecule is Cc1sc2c(c1C)C(c1ccc(N3CC(CC4CCN(CC5CN(c6ccccc6)C5)CC4)C3)cc1)=N[C@@H](C)c1nnc(C)n1-2. The Kier molecular flexibility index (Phi) is 7.53. The van der Waals surface area contributed by atoms with Gasteiger partial charge in [-0.05, 0) is 102 Å². The van der Waals surface area contributed by atoms with Crippen molar-refractivity contribution < 1.29 is 0 Å². The number of aryl methyl sites for hydroxylation is 2. The summed E-state index contributed by atoms with van der Waals surface area (Å²) in [7, 11) is 0. The molecule has 0 bridgehead atoms. The van der Waals surface area contributed by atoms with Gasteiger partial charge in [-0.25, -0.2) is 0 Å². The van der Waals surface area contributed by atoms with E-state index in [1.54, 1.807) is 0 Å². The van der Waals surface area contributed by atoms with E-state index in [2.05, 4.69) is 105 Å². The minimum Gasteiger partial charge on any atom is -0.371 e. The second kappa shape index (κ2) is 11.7. The molecule has 0 aliphatic carbocycles. The Morgan fingerprint density at radius 1 is 0.778 bits per heavy atom. The number of aliphatic imine (C=N–C) groups is 1. The first-order valence-corrected chi connectivity index (χ1v) is 17.7. The van der Waals surface area contributed by atoms with E-state index < -0.39 is 0 Å². The first-order valence-electron chi connectivity index (χ1n) is 16.9. The molecule has 0 spiro atoms. The Labute approximate surface area is 271 Å². The highest BCUT2D eigenvalue weighted by atomic mass is 32.1. The van der Waals surface area contributed by atoms with Gasteiger partial charge in [0, 0.05) is 66.0 Å². The average molecular weight is 620 g/mol. The minimum absolute atomic E-state index is 0.0496. The molecular weight excluding hydrogens is 575 g/mol. The number of piperidine rings is 1. The Morgan fingerprint density at radius 2 is 1.44 bits per heavy atom. The van der Waals surface area contributed by atoms with Gasteiger partial charge in [0.05, 0.1) is 5.71 Å². The molecule has 2 aromatic carbocycles. The van der Waals surface area contributed by atoms with Crippen molar-refractivity contribution in [2.75, 3.05) is 55.6 Å². The van der Waals surface area contributed by atoms with Crippen LogP contribution in [0.3, 0.4) is 0 Å². The van der Waals surface area contributed by atoms with E-state index in [4.69, 9.17) is 4.99 Å². The quantitative estimate of drug-likeness (QED) is 0.227. The van der Waals surface area contributed by atoms with E-state index in [1.807, 2.05) is 18.3 Å². The highest BCUT2D eigenvalue weighted by molar-refractivity contribution is 7.15. The number of hydrogen-bond donors (Lipinski definition) is 0. The van der Waals surface area contributed by atoms with Crippen LogP contribution in [-0.4, -0.2) is 71.2 Å². The lowest BCUT2D eigenvalue weighted by atomic mass is 9.83. The standard InChI is InChI=1S/C37H45N7S/c1-24-26(3)45-37-34(24)35(38-25(2)36-40-39-27(4)44(36)37)31-10-12-33(13-11-31)42-20-29(21-42)18-28-14-16-41(17-15-28)19-30-22-43(23-30)32-8-6-5-7-9-32/h5-13,25,28-30H,14-23H2,1-4H3/t25-/m0/s1. The van der Waals surface area contributed by atoms with Gasteiger partial charge in [-0.2, -0.15) is 0 Å². The molecule has 3 saturated heterocycles. The third-order valence-corrected chi connectivity index (χ3v) is 12.0. The molecule has 8 rings (SSSR count). The van der Waals surface area contributed by atoms with E-state index >= 15 is 0 Å². The van der Waals surface area contributed by atoms with Gasteiger partial charge in [0.15, 0.2) is 5.82 Å². The zero-order valence-corrected chi connectivity index (χ0v) is 27.9. The maximum Gasteiger partial charge on any atom is 0.162 e. The largest absolute Gasteiger partial charge is 0.371 e. The molecule has 6 heterocycles. The topological polar surface area (TPSA) is 52.8 Å². The van der Waals surface area contributed by atoms with Crippen LogP contribution in [0.1, 0.15) is 65.4 Å². The van der Waals surface area contributed by atoms with E-state index in [0.717, 1.165) is 35.1 Å². The van der Waals surface area contributed by atoms with Gasteiger partial charge in [0.25, 0.3) is 0 Å². The normalized spacial score (nSPS) is 21.2. The van der Waals surface area contributed by atoms with E-state index in [9.17, 15) is 0 Å². The number of nitrogens with zero attached hydrogens (tertiary/aromatic N) is 7. The molecule has 0 saturated carbocycles. The molecule has 2 aromatic heterocycles. The number of thiophene rings is 1. The molecule has 1 atom stereocenters. The van der Waals surface area contributed by atoms with Crippen molar-refractivity contribution >= 4 is 28.4 Å². The molecule has 0 unspecified atom stereocenters. The van der Waals surface area contributed by atoms with E-state index in [-0.39, 0.29) is 6.04 Å². The third-order valence-electron chi connectivity index (χ3n) is 10.8. The average Bonchev–Trinajstić information content (AvgIpc) is 3.50. The number of benzene rings is 2. The Bertz CT molecular complexity index is 1680. The lowest BCUT2D eigenvalue weighted by Crippen LogP contribution is -2.53. The fourth-order valence-corrected chi connectivity index (χ4v) is 9.23. The van der Waals surface area contributed by atoms with Gasteiger partial charge < -0.3 is 14.7 Å². The van der Waals surface area contributed by atoms with Crippen LogP contribution in [0.15, 0.2) is 59.6 Å². The molecule has 3 fully saturated rings. The highest BCUT2D eigenvalue weighted by Crippen LogP contribution is 2.39. The number of likely N-dealkylation sites (tertiary alicyclic amines) is 1. The summed E-state index contributed by atoms with van der Waals surface area (Å²) < 4.78 is 2.22. The number of hydrogen-bond acceptors (Lipinski definition) is 7. The number of anilines is 2. The second-order valence-electron chi connectivity index (χ2n) is 14.0. The Morgan fingerprint density at radius 3 is 2.16 bits per heavy atom. The summed E-state index contributed by atoms with van der Waals surface area (Å²) in [6, 6.07) is 20.0. The van der Waals surface area contributed by atoms with Crippen LogP contribution in [0.5, 0.6) is 0 Å². The van der Waals surface area contributed by atoms with Gasteiger partial charge in [0.2, 0.25) is 0 Å². The molecule has 0 amide bonds. The zero-order chi connectivity index (χ0) is 30.7. The van der Waals surface area contributed by atoms with Crippen LogP contribution in [0.4, 0.5) is 11.4 Å². The molecule has 0 N–H and O–H groups in total. The van der Waals surface area contributed by atoms with E-state index in [1.165, 1.54) is 103 Å². The fraction of sp³-hybridized carbons (Fsp3) is 0.486. The molecule has 0 radical (unpaired) electrons. The van der Waals surface area contributed by atoms with Crippen molar-refractivity contribution in [1.82, 2.24) is 19.7 Å². The van der Waals surface area contributed by atoms with Crippen LogP contribution in [0.2, 0.25) is 0 Å². The zero-order valence-electron chi connectivity index (χ0n) is 27.1. The first-order chi connectivity index (χ1) is 21.9. The smallest absolute Gasteiger partial charge is 0.162 e. The van der Waals surface area contributed by atoms with Crippen molar-refractivity contribution in [3.8, 4) is 5.00 Å². The summed E-state index contributed by atoms with van der Waals surface area (Å²) in [6.07, 6.45) is 4.14. The third kappa shape index (κ3) is 5.40. The number of fused-ring (bicyclic) bond motifs is 3. The number of para-hydroxylation sites is 1. The predicted octanol–water partition coefficient (Wildman–Crippen LogP) is 6.84. The predicted molar refractivity (Wildman–Crippen MR) is 186 cm³/mol. The molecular formula is C37H45N7S. The molecule has 234 valence electrons. The maximum absolute atomic E-state index is 5.23. The van der Waals surface area contributed by atoms with Gasteiger partial charge in [0.1, 0.15) is 16.9 Å².